The van der Waals surface area contributed by atoms with Gasteiger partial charge in [-0.1, -0.05) is 82.7 Å². The van der Waals surface area contributed by atoms with E-state index in [0.29, 0.717) is 0 Å². The van der Waals surface area contributed by atoms with Gasteiger partial charge in [-0.3, -0.25) is 0 Å². The van der Waals surface area contributed by atoms with Gasteiger partial charge >= 0.3 is 0 Å². The molecular formula is C18H32S. The van der Waals surface area contributed by atoms with Crippen molar-refractivity contribution in [1.29, 1.82) is 0 Å². The molecule has 1 rings (SSSR count). The molecule has 1 unspecified atom stereocenters. The fraction of sp³-hybridized carbons (Fsp3) is 0.667. The van der Waals surface area contributed by atoms with E-state index in [2.05, 4.69) is 56.7 Å². The highest BCUT2D eigenvalue weighted by Gasteiger charge is 2.21. The predicted octanol–water partition coefficient (Wildman–Crippen LogP) is 6.25. The van der Waals surface area contributed by atoms with Gasteiger partial charge in [0.25, 0.3) is 0 Å². The fourth-order valence-electron chi connectivity index (χ4n) is 2.51. The second kappa shape index (κ2) is 8.68. The Morgan fingerprint density at radius 2 is 1.47 bits per heavy atom. The Morgan fingerprint density at radius 3 is 2.11 bits per heavy atom. The van der Waals surface area contributed by atoms with Crippen LogP contribution in [0.3, 0.4) is 0 Å². The highest BCUT2D eigenvalue weighted by molar-refractivity contribution is 8.33. The van der Waals surface area contributed by atoms with Crippen molar-refractivity contribution in [3.05, 3.63) is 30.3 Å². The molecule has 0 heterocycles. The minimum Gasteiger partial charge on any atom is -0.218 e. The van der Waals surface area contributed by atoms with E-state index in [1.165, 1.54) is 44.9 Å². The molecule has 0 aliphatic carbocycles. The van der Waals surface area contributed by atoms with E-state index >= 15 is 0 Å². The van der Waals surface area contributed by atoms with E-state index in [1.807, 2.05) is 0 Å². The first-order valence-electron chi connectivity index (χ1n) is 7.86. The first-order valence-corrected chi connectivity index (χ1v) is 10.4. The Balaban J connectivity index is 2.34. The van der Waals surface area contributed by atoms with Crippen LogP contribution < -0.4 is 0 Å². The Kier molecular flexibility index (Phi) is 7.60. The smallest absolute Gasteiger partial charge is 0.0102 e. The molecule has 1 heteroatoms. The molecule has 0 bridgehead atoms. The third-order valence-electron chi connectivity index (χ3n) is 4.32. The Labute approximate surface area is 122 Å². The molecule has 0 nitrogen and oxygen atoms in total. The number of benzene rings is 1. The SMILES string of the molecule is CCCCCCCCC(C)S(C)(C)c1ccccc1. The monoisotopic (exact) mass is 280 g/mol. The fourth-order valence-corrected chi connectivity index (χ4v) is 4.59. The van der Waals surface area contributed by atoms with Gasteiger partial charge in [-0.25, -0.2) is 10.0 Å². The molecule has 0 aliphatic rings. The second-order valence-electron chi connectivity index (χ2n) is 6.09. The summed E-state index contributed by atoms with van der Waals surface area (Å²) in [6, 6.07) is 11.1. The molecule has 1 aromatic carbocycles. The molecule has 110 valence electrons. The minimum absolute atomic E-state index is 0.636. The summed E-state index contributed by atoms with van der Waals surface area (Å²) in [6.07, 6.45) is 14.8. The quantitative estimate of drug-likeness (QED) is 0.469. The van der Waals surface area contributed by atoms with Crippen LogP contribution in [0.1, 0.15) is 58.8 Å². The van der Waals surface area contributed by atoms with Gasteiger partial charge in [0.15, 0.2) is 0 Å². The van der Waals surface area contributed by atoms with Crippen LogP contribution in [0.25, 0.3) is 0 Å². The van der Waals surface area contributed by atoms with Crippen LogP contribution in [-0.4, -0.2) is 17.8 Å². The third kappa shape index (κ3) is 5.60. The number of hydrogen-bond donors (Lipinski definition) is 0. The highest BCUT2D eigenvalue weighted by Crippen LogP contribution is 2.54. The van der Waals surface area contributed by atoms with Crippen LogP contribution in [0.5, 0.6) is 0 Å². The minimum atomic E-state index is -0.636. The maximum Gasteiger partial charge on any atom is -0.0102 e. The topological polar surface area (TPSA) is 0 Å². The van der Waals surface area contributed by atoms with Crippen molar-refractivity contribution in [2.24, 2.45) is 0 Å². The summed E-state index contributed by atoms with van der Waals surface area (Å²) in [4.78, 5) is 1.56. The summed E-state index contributed by atoms with van der Waals surface area (Å²) >= 11 is 0. The van der Waals surface area contributed by atoms with Crippen molar-refractivity contribution in [2.45, 2.75) is 68.9 Å². The lowest BCUT2D eigenvalue weighted by Crippen LogP contribution is -2.13. The van der Waals surface area contributed by atoms with E-state index < -0.39 is 10.0 Å². The Morgan fingerprint density at radius 1 is 0.895 bits per heavy atom. The van der Waals surface area contributed by atoms with E-state index in [9.17, 15) is 0 Å². The predicted molar refractivity (Wildman–Crippen MR) is 91.6 cm³/mol. The van der Waals surface area contributed by atoms with Gasteiger partial charge in [-0.2, -0.15) is 0 Å². The van der Waals surface area contributed by atoms with Gasteiger partial charge in [-0.15, -0.1) is 0 Å². The molecule has 1 atom stereocenters. The average molecular weight is 281 g/mol. The van der Waals surface area contributed by atoms with E-state index in [-0.39, 0.29) is 0 Å². The molecule has 0 saturated carbocycles. The Bertz CT molecular complexity index is 329. The zero-order valence-corrected chi connectivity index (χ0v) is 14.1. The van der Waals surface area contributed by atoms with Gasteiger partial charge in [0.2, 0.25) is 0 Å². The van der Waals surface area contributed by atoms with Crippen LogP contribution >= 0.6 is 10.0 Å². The molecule has 0 fully saturated rings. The zero-order valence-electron chi connectivity index (χ0n) is 13.3. The molecule has 0 saturated heterocycles. The van der Waals surface area contributed by atoms with Crippen LogP contribution in [0.15, 0.2) is 35.2 Å². The van der Waals surface area contributed by atoms with Crippen molar-refractivity contribution < 1.29 is 0 Å². The second-order valence-corrected chi connectivity index (χ2v) is 10.2. The average Bonchev–Trinajstić information content (AvgIpc) is 2.43. The summed E-state index contributed by atoms with van der Waals surface area (Å²) in [5.74, 6) is 0. The number of unbranched alkanes of at least 4 members (excludes halogenated alkanes) is 5. The molecule has 0 spiro atoms. The third-order valence-corrected chi connectivity index (χ3v) is 8.06. The van der Waals surface area contributed by atoms with Crippen LogP contribution in [0, 0.1) is 0 Å². The maximum absolute atomic E-state index is 2.48. The summed E-state index contributed by atoms with van der Waals surface area (Å²) in [6.45, 7) is 4.74. The van der Waals surface area contributed by atoms with Crippen molar-refractivity contribution in [3.63, 3.8) is 0 Å². The lowest BCUT2D eigenvalue weighted by molar-refractivity contribution is 0.587. The molecule has 0 radical (unpaired) electrons. The van der Waals surface area contributed by atoms with Gasteiger partial charge in [0.05, 0.1) is 0 Å². The molecule has 19 heavy (non-hydrogen) atoms. The standard InChI is InChI=1S/C18H32S/c1-5-6-7-8-9-11-14-17(2)19(3,4)18-15-12-10-13-16-18/h10,12-13,15-17H,5-9,11,14H2,1-4H3. The van der Waals surface area contributed by atoms with Crippen molar-refractivity contribution >= 4 is 10.0 Å². The first-order chi connectivity index (χ1) is 9.09. The molecule has 0 aromatic heterocycles. The maximum atomic E-state index is 2.48. The normalized spacial score (nSPS) is 14.3. The van der Waals surface area contributed by atoms with E-state index in [4.69, 9.17) is 0 Å². The summed E-state index contributed by atoms with van der Waals surface area (Å²) in [5.41, 5.74) is 0. The Hall–Kier alpha value is -0.430. The van der Waals surface area contributed by atoms with Crippen LogP contribution in [-0.2, 0) is 0 Å². The number of rotatable bonds is 9. The first kappa shape index (κ1) is 16.6. The van der Waals surface area contributed by atoms with E-state index in [0.717, 1.165) is 5.25 Å². The van der Waals surface area contributed by atoms with Crippen molar-refractivity contribution in [1.82, 2.24) is 0 Å². The zero-order chi connectivity index (χ0) is 14.1. The summed E-state index contributed by atoms with van der Waals surface area (Å²) < 4.78 is 0. The molecule has 0 aliphatic heterocycles. The van der Waals surface area contributed by atoms with Crippen molar-refractivity contribution in [2.75, 3.05) is 12.5 Å². The van der Waals surface area contributed by atoms with Crippen LogP contribution in [0.2, 0.25) is 0 Å². The van der Waals surface area contributed by atoms with Gasteiger partial charge in [0.1, 0.15) is 0 Å². The van der Waals surface area contributed by atoms with Crippen molar-refractivity contribution in [3.8, 4) is 0 Å². The lowest BCUT2D eigenvalue weighted by atomic mass is 10.1. The molecule has 0 N–H and O–H groups in total. The summed E-state index contributed by atoms with van der Waals surface area (Å²) in [7, 11) is -0.636. The number of hydrogen-bond acceptors (Lipinski definition) is 0. The lowest BCUT2D eigenvalue weighted by Gasteiger charge is -2.38. The largest absolute Gasteiger partial charge is 0.218 e. The molecular weight excluding hydrogens is 248 g/mol. The summed E-state index contributed by atoms with van der Waals surface area (Å²) in [5, 5.41) is 0.834. The molecule has 1 aromatic rings. The van der Waals surface area contributed by atoms with Crippen LogP contribution in [0.4, 0.5) is 0 Å². The highest BCUT2D eigenvalue weighted by atomic mass is 32.3. The van der Waals surface area contributed by atoms with Gasteiger partial charge in [0, 0.05) is 0 Å². The van der Waals surface area contributed by atoms with Gasteiger partial charge in [-0.05, 0) is 29.1 Å². The van der Waals surface area contributed by atoms with Gasteiger partial charge < -0.3 is 0 Å². The van der Waals surface area contributed by atoms with E-state index in [1.54, 1.807) is 4.90 Å². The molecule has 0 amide bonds.